The van der Waals surface area contributed by atoms with Gasteiger partial charge in [0.25, 0.3) is 0 Å². The summed E-state index contributed by atoms with van der Waals surface area (Å²) in [7, 11) is 0. The standard InChI is InChI=1S/C27H28N4O2/c32-26(31-16-13-20-7-4-5-8-21(20)18-31)19-30-15-14-24-22(17-30)9-6-12-25(24)29-27(33)28-23-10-2-1-3-11-23/h1-12H,13-19H2,(H2,28,29,33). The molecule has 0 bridgehead atoms. The molecule has 0 fully saturated rings. The molecule has 0 atom stereocenters. The highest BCUT2D eigenvalue weighted by molar-refractivity contribution is 6.00. The molecule has 0 unspecified atom stereocenters. The van der Waals surface area contributed by atoms with Crippen LogP contribution in [0.3, 0.4) is 0 Å². The van der Waals surface area contributed by atoms with Crippen molar-refractivity contribution in [3.05, 3.63) is 95.1 Å². The lowest BCUT2D eigenvalue weighted by Gasteiger charge is -2.33. The van der Waals surface area contributed by atoms with Gasteiger partial charge in [0, 0.05) is 37.6 Å². The summed E-state index contributed by atoms with van der Waals surface area (Å²) in [4.78, 5) is 29.6. The fourth-order valence-electron chi connectivity index (χ4n) is 4.73. The lowest BCUT2D eigenvalue weighted by atomic mass is 9.97. The molecule has 2 heterocycles. The van der Waals surface area contributed by atoms with Gasteiger partial charge >= 0.3 is 6.03 Å². The highest BCUT2D eigenvalue weighted by Crippen LogP contribution is 2.27. The van der Waals surface area contributed by atoms with E-state index in [1.165, 1.54) is 11.1 Å². The summed E-state index contributed by atoms with van der Waals surface area (Å²) in [5, 5.41) is 5.86. The Labute approximate surface area is 194 Å². The molecule has 6 heteroatoms. The Hall–Kier alpha value is -3.64. The summed E-state index contributed by atoms with van der Waals surface area (Å²) in [6, 6.07) is 23.5. The SMILES string of the molecule is O=C(Nc1ccccc1)Nc1cccc2c1CCN(CC(=O)N1CCc3ccccc3C1)C2. The number of hydrogen-bond donors (Lipinski definition) is 2. The maximum absolute atomic E-state index is 13.0. The number of rotatable bonds is 4. The zero-order valence-electron chi connectivity index (χ0n) is 18.6. The average Bonchev–Trinajstić information content (AvgIpc) is 2.84. The van der Waals surface area contributed by atoms with Crippen LogP contribution >= 0.6 is 0 Å². The predicted octanol–water partition coefficient (Wildman–Crippen LogP) is 4.27. The Morgan fingerprint density at radius 3 is 2.33 bits per heavy atom. The van der Waals surface area contributed by atoms with E-state index in [1.54, 1.807) is 0 Å². The fourth-order valence-corrected chi connectivity index (χ4v) is 4.73. The number of para-hydroxylation sites is 1. The van der Waals surface area contributed by atoms with E-state index in [0.717, 1.165) is 48.4 Å². The third-order valence-corrected chi connectivity index (χ3v) is 6.47. The molecule has 0 radical (unpaired) electrons. The number of amides is 3. The van der Waals surface area contributed by atoms with Crippen molar-refractivity contribution in [3.63, 3.8) is 0 Å². The molecule has 3 aromatic carbocycles. The largest absolute Gasteiger partial charge is 0.337 e. The van der Waals surface area contributed by atoms with E-state index in [2.05, 4.69) is 39.8 Å². The lowest BCUT2D eigenvalue weighted by molar-refractivity contribution is -0.133. The second-order valence-electron chi connectivity index (χ2n) is 8.68. The van der Waals surface area contributed by atoms with E-state index in [4.69, 9.17) is 0 Å². The van der Waals surface area contributed by atoms with Crippen LogP contribution in [-0.4, -0.2) is 41.4 Å². The molecule has 0 aromatic heterocycles. The highest BCUT2D eigenvalue weighted by Gasteiger charge is 2.25. The van der Waals surface area contributed by atoms with E-state index >= 15 is 0 Å². The van der Waals surface area contributed by atoms with E-state index < -0.39 is 0 Å². The van der Waals surface area contributed by atoms with Gasteiger partial charge in [-0.1, -0.05) is 54.6 Å². The van der Waals surface area contributed by atoms with Crippen molar-refractivity contribution in [3.8, 4) is 0 Å². The minimum absolute atomic E-state index is 0.185. The predicted molar refractivity (Wildman–Crippen MR) is 130 cm³/mol. The minimum Gasteiger partial charge on any atom is -0.337 e. The quantitative estimate of drug-likeness (QED) is 0.637. The van der Waals surface area contributed by atoms with Gasteiger partial charge < -0.3 is 15.5 Å². The van der Waals surface area contributed by atoms with Crippen LogP contribution in [0, 0.1) is 0 Å². The summed E-state index contributed by atoms with van der Waals surface area (Å²) in [6.45, 7) is 3.41. The van der Waals surface area contributed by atoms with Gasteiger partial charge in [-0.15, -0.1) is 0 Å². The molecule has 168 valence electrons. The Balaban J connectivity index is 1.20. The smallest absolute Gasteiger partial charge is 0.323 e. The van der Waals surface area contributed by atoms with Gasteiger partial charge in [-0.3, -0.25) is 9.69 Å². The Morgan fingerprint density at radius 2 is 1.48 bits per heavy atom. The van der Waals surface area contributed by atoms with Gasteiger partial charge in [0.2, 0.25) is 5.91 Å². The van der Waals surface area contributed by atoms with Crippen LogP contribution in [0.2, 0.25) is 0 Å². The maximum Gasteiger partial charge on any atom is 0.323 e. The molecular weight excluding hydrogens is 412 g/mol. The molecule has 3 amide bonds. The van der Waals surface area contributed by atoms with Crippen molar-refractivity contribution in [1.82, 2.24) is 9.80 Å². The second-order valence-corrected chi connectivity index (χ2v) is 8.68. The van der Waals surface area contributed by atoms with Crippen LogP contribution in [0.5, 0.6) is 0 Å². The highest BCUT2D eigenvalue weighted by atomic mass is 16.2. The zero-order valence-corrected chi connectivity index (χ0v) is 18.6. The number of benzene rings is 3. The van der Waals surface area contributed by atoms with Gasteiger partial charge in [-0.05, 0) is 53.3 Å². The molecule has 3 aromatic rings. The van der Waals surface area contributed by atoms with Crippen LogP contribution in [0.15, 0.2) is 72.8 Å². The molecule has 33 heavy (non-hydrogen) atoms. The van der Waals surface area contributed by atoms with Crippen molar-refractivity contribution < 1.29 is 9.59 Å². The molecule has 2 aliphatic rings. The van der Waals surface area contributed by atoms with E-state index in [-0.39, 0.29) is 11.9 Å². The molecule has 2 N–H and O–H groups in total. The van der Waals surface area contributed by atoms with Crippen LogP contribution in [0.4, 0.5) is 16.2 Å². The summed E-state index contributed by atoms with van der Waals surface area (Å²) in [5.41, 5.74) is 6.51. The summed E-state index contributed by atoms with van der Waals surface area (Å²) in [5.74, 6) is 0.185. The molecular formula is C27H28N4O2. The normalized spacial score (nSPS) is 15.3. The number of hydrogen-bond acceptors (Lipinski definition) is 3. The maximum atomic E-state index is 13.0. The number of anilines is 2. The van der Waals surface area contributed by atoms with E-state index in [1.807, 2.05) is 53.4 Å². The monoisotopic (exact) mass is 440 g/mol. The Morgan fingerprint density at radius 1 is 0.727 bits per heavy atom. The van der Waals surface area contributed by atoms with Crippen LogP contribution in [0.25, 0.3) is 0 Å². The molecule has 2 aliphatic heterocycles. The number of fused-ring (bicyclic) bond motifs is 2. The fraction of sp³-hybridized carbons (Fsp3) is 0.259. The second kappa shape index (κ2) is 9.46. The van der Waals surface area contributed by atoms with E-state index in [9.17, 15) is 9.59 Å². The molecule has 6 nitrogen and oxygen atoms in total. The first-order valence-corrected chi connectivity index (χ1v) is 11.5. The molecule has 0 saturated heterocycles. The first kappa shape index (κ1) is 21.2. The number of urea groups is 1. The number of carbonyl (C=O) groups excluding carboxylic acids is 2. The van der Waals surface area contributed by atoms with Gasteiger partial charge in [0.15, 0.2) is 0 Å². The number of carbonyl (C=O) groups is 2. The average molecular weight is 441 g/mol. The third kappa shape index (κ3) is 4.91. The minimum atomic E-state index is -0.252. The topological polar surface area (TPSA) is 64.7 Å². The lowest BCUT2D eigenvalue weighted by Crippen LogP contribution is -2.44. The van der Waals surface area contributed by atoms with Crippen LogP contribution in [0.1, 0.15) is 22.3 Å². The third-order valence-electron chi connectivity index (χ3n) is 6.47. The van der Waals surface area contributed by atoms with Gasteiger partial charge in [0.05, 0.1) is 6.54 Å². The summed E-state index contributed by atoms with van der Waals surface area (Å²) in [6.07, 6.45) is 1.72. The Kier molecular flexibility index (Phi) is 6.09. The van der Waals surface area contributed by atoms with Crippen molar-refractivity contribution in [2.75, 3.05) is 30.3 Å². The van der Waals surface area contributed by atoms with Crippen LogP contribution in [-0.2, 0) is 30.7 Å². The van der Waals surface area contributed by atoms with E-state index in [0.29, 0.717) is 19.6 Å². The van der Waals surface area contributed by atoms with Crippen molar-refractivity contribution in [2.45, 2.75) is 25.9 Å². The molecule has 0 saturated carbocycles. The Bertz CT molecular complexity index is 1160. The van der Waals surface area contributed by atoms with Gasteiger partial charge in [0.1, 0.15) is 0 Å². The summed E-state index contributed by atoms with van der Waals surface area (Å²) >= 11 is 0. The zero-order chi connectivity index (χ0) is 22.6. The van der Waals surface area contributed by atoms with Crippen molar-refractivity contribution >= 4 is 23.3 Å². The van der Waals surface area contributed by atoms with Gasteiger partial charge in [-0.25, -0.2) is 4.79 Å². The first-order chi connectivity index (χ1) is 16.2. The molecule has 5 rings (SSSR count). The van der Waals surface area contributed by atoms with Crippen molar-refractivity contribution in [1.29, 1.82) is 0 Å². The number of nitrogens with one attached hydrogen (secondary N) is 2. The number of nitrogens with zero attached hydrogens (tertiary/aromatic N) is 2. The van der Waals surface area contributed by atoms with Gasteiger partial charge in [-0.2, -0.15) is 0 Å². The first-order valence-electron chi connectivity index (χ1n) is 11.5. The van der Waals surface area contributed by atoms with Crippen LogP contribution < -0.4 is 10.6 Å². The van der Waals surface area contributed by atoms with Crippen molar-refractivity contribution in [2.24, 2.45) is 0 Å². The summed E-state index contributed by atoms with van der Waals surface area (Å²) < 4.78 is 0. The molecule has 0 spiro atoms. The molecule has 0 aliphatic carbocycles.